The summed E-state index contributed by atoms with van der Waals surface area (Å²) in [4.78, 5) is 0. The van der Waals surface area contributed by atoms with Crippen LogP contribution >= 0.6 is 11.6 Å². The molecule has 0 fully saturated rings. The quantitative estimate of drug-likeness (QED) is 0.595. The van der Waals surface area contributed by atoms with E-state index in [9.17, 15) is 4.39 Å². The van der Waals surface area contributed by atoms with E-state index < -0.39 is 5.82 Å². The monoisotopic (exact) mass is 224 g/mol. The molecule has 0 radical (unpaired) electrons. The maximum atomic E-state index is 13.4. The van der Waals surface area contributed by atoms with E-state index >= 15 is 0 Å². The zero-order valence-electron chi connectivity index (χ0n) is 7.93. The summed E-state index contributed by atoms with van der Waals surface area (Å²) >= 11 is 5.60. The summed E-state index contributed by atoms with van der Waals surface area (Å²) in [5.74, 6) is -0.510. The Morgan fingerprint density at radius 1 is 1.53 bits per heavy atom. The number of nitrogens with one attached hydrogen (secondary N) is 2. The fourth-order valence-electron chi connectivity index (χ4n) is 0.936. The second-order valence-electron chi connectivity index (χ2n) is 2.74. The van der Waals surface area contributed by atoms with E-state index in [1.165, 1.54) is 18.3 Å². The smallest absolute Gasteiger partial charge is 0.165 e. The summed E-state index contributed by atoms with van der Waals surface area (Å²) in [7, 11) is 0. The molecule has 0 bridgehead atoms. The van der Waals surface area contributed by atoms with E-state index in [-0.39, 0.29) is 10.7 Å². The number of benzene rings is 1. The third kappa shape index (κ3) is 2.92. The van der Waals surface area contributed by atoms with Gasteiger partial charge in [-0.2, -0.15) is 0 Å². The van der Waals surface area contributed by atoms with Crippen molar-refractivity contribution < 1.29 is 4.39 Å². The van der Waals surface area contributed by atoms with Gasteiger partial charge >= 0.3 is 0 Å². The lowest BCUT2D eigenvalue weighted by Gasteiger charge is -2.04. The topological polar surface area (TPSA) is 35.9 Å². The average Bonchev–Trinajstić information content (AvgIpc) is 2.25. The molecule has 2 nitrogen and oxygen atoms in total. The normalized spacial score (nSPS) is 10.9. The van der Waals surface area contributed by atoms with Gasteiger partial charge in [0.05, 0.1) is 10.7 Å². The van der Waals surface area contributed by atoms with E-state index in [1.807, 2.05) is 0 Å². The first-order valence-corrected chi connectivity index (χ1v) is 4.60. The van der Waals surface area contributed by atoms with Crippen LogP contribution < -0.4 is 5.32 Å². The van der Waals surface area contributed by atoms with Gasteiger partial charge in [-0.05, 0) is 12.1 Å². The van der Waals surface area contributed by atoms with Crippen molar-refractivity contribution in [1.82, 2.24) is 0 Å². The molecule has 4 heteroatoms. The van der Waals surface area contributed by atoms with Crippen molar-refractivity contribution in [3.63, 3.8) is 0 Å². The van der Waals surface area contributed by atoms with Gasteiger partial charge in [0.15, 0.2) is 5.82 Å². The first kappa shape index (κ1) is 11.5. The highest BCUT2D eigenvalue weighted by Crippen LogP contribution is 2.21. The van der Waals surface area contributed by atoms with Gasteiger partial charge < -0.3 is 10.7 Å². The van der Waals surface area contributed by atoms with Gasteiger partial charge in [-0.25, -0.2) is 4.39 Å². The van der Waals surface area contributed by atoms with Gasteiger partial charge in [0.25, 0.3) is 0 Å². The Labute approximate surface area is 92.6 Å². The molecule has 78 valence electrons. The molecule has 15 heavy (non-hydrogen) atoms. The molecule has 0 aromatic heterocycles. The molecule has 1 aromatic rings. The van der Waals surface area contributed by atoms with Crippen LogP contribution in [0, 0.1) is 11.2 Å². The second-order valence-corrected chi connectivity index (χ2v) is 3.15. The minimum absolute atomic E-state index is 0.0587. The van der Waals surface area contributed by atoms with Crippen molar-refractivity contribution in [1.29, 1.82) is 5.41 Å². The molecule has 0 saturated heterocycles. The lowest BCUT2D eigenvalue weighted by atomic mass is 10.3. The first-order chi connectivity index (χ1) is 7.19. The number of hydrogen-bond acceptors (Lipinski definition) is 2. The molecule has 0 aliphatic rings. The Morgan fingerprint density at radius 3 is 2.87 bits per heavy atom. The van der Waals surface area contributed by atoms with Crippen LogP contribution in [0.4, 0.5) is 10.1 Å². The van der Waals surface area contributed by atoms with E-state index in [2.05, 4.69) is 11.9 Å². The number of anilines is 1. The Kier molecular flexibility index (Phi) is 4.06. The third-order valence-corrected chi connectivity index (χ3v) is 2.04. The van der Waals surface area contributed by atoms with Gasteiger partial charge in [0.1, 0.15) is 0 Å². The van der Waals surface area contributed by atoms with Gasteiger partial charge in [-0.3, -0.25) is 0 Å². The van der Waals surface area contributed by atoms with Crippen LogP contribution in [0.1, 0.15) is 0 Å². The fraction of sp³-hybridized carbons (Fsp3) is 0. The van der Waals surface area contributed by atoms with E-state index in [0.717, 1.165) is 6.21 Å². The second kappa shape index (κ2) is 5.32. The largest absolute Gasteiger partial charge is 0.359 e. The SMILES string of the molecule is C=C/C(C=N)=C/Nc1cccc(Cl)c1F. The molecular formula is C11H10ClFN2. The highest BCUT2D eigenvalue weighted by Gasteiger charge is 2.03. The van der Waals surface area contributed by atoms with Crippen LogP contribution in [-0.2, 0) is 0 Å². The van der Waals surface area contributed by atoms with Crippen LogP contribution in [-0.4, -0.2) is 6.21 Å². The van der Waals surface area contributed by atoms with Crippen LogP contribution in [0.2, 0.25) is 5.02 Å². The molecule has 0 heterocycles. The number of hydrogen-bond donors (Lipinski definition) is 2. The summed E-state index contributed by atoms with van der Waals surface area (Å²) in [6.07, 6.45) is 4.08. The van der Waals surface area contributed by atoms with Gasteiger partial charge in [0.2, 0.25) is 0 Å². The number of halogens is 2. The van der Waals surface area contributed by atoms with Crippen LogP contribution in [0.5, 0.6) is 0 Å². The molecule has 0 spiro atoms. The van der Waals surface area contributed by atoms with E-state index in [1.54, 1.807) is 12.1 Å². The Morgan fingerprint density at radius 2 is 2.27 bits per heavy atom. The maximum absolute atomic E-state index is 13.4. The molecule has 2 N–H and O–H groups in total. The van der Waals surface area contributed by atoms with E-state index in [0.29, 0.717) is 5.57 Å². The van der Waals surface area contributed by atoms with Crippen molar-refractivity contribution in [3.05, 3.63) is 53.5 Å². The summed E-state index contributed by atoms with van der Waals surface area (Å²) in [6.45, 7) is 3.50. The lowest BCUT2D eigenvalue weighted by molar-refractivity contribution is 0.632. The first-order valence-electron chi connectivity index (χ1n) is 4.22. The minimum atomic E-state index is -0.510. The van der Waals surface area contributed by atoms with Crippen molar-refractivity contribution in [2.45, 2.75) is 0 Å². The lowest BCUT2D eigenvalue weighted by Crippen LogP contribution is -1.94. The maximum Gasteiger partial charge on any atom is 0.165 e. The number of rotatable bonds is 4. The zero-order chi connectivity index (χ0) is 11.3. The zero-order valence-corrected chi connectivity index (χ0v) is 8.68. The van der Waals surface area contributed by atoms with Gasteiger partial charge in [-0.15, -0.1) is 0 Å². The summed E-state index contributed by atoms with van der Waals surface area (Å²) in [5, 5.41) is 9.77. The molecular weight excluding hydrogens is 215 g/mol. The number of allylic oxidation sites excluding steroid dienone is 2. The molecule has 0 atom stereocenters. The van der Waals surface area contributed by atoms with Crippen LogP contribution in [0.3, 0.4) is 0 Å². The fourth-order valence-corrected chi connectivity index (χ4v) is 1.11. The Hall–Kier alpha value is -1.61. The van der Waals surface area contributed by atoms with Gasteiger partial charge in [0, 0.05) is 18.0 Å². The van der Waals surface area contributed by atoms with Crippen molar-refractivity contribution in [2.75, 3.05) is 5.32 Å². The molecule has 0 saturated carbocycles. The Bertz CT molecular complexity index is 403. The Balaban J connectivity index is 2.90. The molecule has 1 rings (SSSR count). The third-order valence-electron chi connectivity index (χ3n) is 1.75. The molecule has 0 aliphatic carbocycles. The van der Waals surface area contributed by atoms with Crippen molar-refractivity contribution in [2.24, 2.45) is 0 Å². The van der Waals surface area contributed by atoms with Crippen LogP contribution in [0.15, 0.2) is 42.6 Å². The van der Waals surface area contributed by atoms with Crippen LogP contribution in [0.25, 0.3) is 0 Å². The summed E-state index contributed by atoms with van der Waals surface area (Å²) < 4.78 is 13.4. The molecule has 1 aromatic carbocycles. The predicted octanol–water partition coefficient (Wildman–Crippen LogP) is 3.61. The average molecular weight is 225 g/mol. The highest BCUT2D eigenvalue weighted by molar-refractivity contribution is 6.31. The highest BCUT2D eigenvalue weighted by atomic mass is 35.5. The molecule has 0 amide bonds. The predicted molar refractivity (Wildman–Crippen MR) is 62.1 cm³/mol. The summed E-state index contributed by atoms with van der Waals surface area (Å²) in [6, 6.07) is 4.67. The summed E-state index contributed by atoms with van der Waals surface area (Å²) in [5.41, 5.74) is 0.818. The minimum Gasteiger partial charge on any atom is -0.359 e. The van der Waals surface area contributed by atoms with Crippen molar-refractivity contribution >= 4 is 23.5 Å². The standard InChI is InChI=1S/C11H10ClFN2/c1-2-8(6-14)7-15-10-5-3-4-9(12)11(10)13/h2-7,14-15H,1H2/b8-7-,14-6?. The molecule has 0 unspecified atom stereocenters. The van der Waals surface area contributed by atoms with E-state index in [4.69, 9.17) is 17.0 Å². The molecule has 0 aliphatic heterocycles. The van der Waals surface area contributed by atoms with Crippen molar-refractivity contribution in [3.8, 4) is 0 Å². The van der Waals surface area contributed by atoms with Gasteiger partial charge in [-0.1, -0.05) is 30.3 Å².